The maximum Gasteiger partial charge on any atom is 0.121 e. The molecular formula is C26H36O. The van der Waals surface area contributed by atoms with Gasteiger partial charge in [0.1, 0.15) is 11.9 Å². The van der Waals surface area contributed by atoms with Gasteiger partial charge >= 0.3 is 0 Å². The number of rotatable bonds is 4. The Labute approximate surface area is 166 Å². The Morgan fingerprint density at radius 2 is 1.59 bits per heavy atom. The van der Waals surface area contributed by atoms with Gasteiger partial charge in [-0.05, 0) is 76.5 Å². The van der Waals surface area contributed by atoms with Crippen molar-refractivity contribution >= 4 is 0 Å². The fourth-order valence-corrected chi connectivity index (χ4v) is 4.14. The smallest absolute Gasteiger partial charge is 0.121 e. The average molecular weight is 365 g/mol. The van der Waals surface area contributed by atoms with Crippen molar-refractivity contribution in [3.8, 4) is 5.75 Å². The maximum atomic E-state index is 6.40. The first kappa shape index (κ1) is 20.0. The first-order valence-electron chi connectivity index (χ1n) is 10.4. The normalized spacial score (nSPS) is 17.1. The molecule has 1 heteroatoms. The number of hydrogen-bond donors (Lipinski definition) is 0. The fraction of sp³-hybridized carbons (Fsp3) is 0.538. The van der Waals surface area contributed by atoms with E-state index < -0.39 is 0 Å². The predicted molar refractivity (Wildman–Crippen MR) is 116 cm³/mol. The second kappa shape index (κ2) is 7.00. The number of hydrogen-bond acceptors (Lipinski definition) is 1. The lowest BCUT2D eigenvalue weighted by molar-refractivity contribution is 0.225. The third-order valence-electron chi connectivity index (χ3n) is 6.18. The van der Waals surface area contributed by atoms with Gasteiger partial charge in [0.2, 0.25) is 0 Å². The van der Waals surface area contributed by atoms with Crippen LogP contribution in [0.15, 0.2) is 36.4 Å². The molecular weight excluding hydrogens is 328 g/mol. The second-order valence-electron chi connectivity index (χ2n) is 10.2. The third kappa shape index (κ3) is 4.08. The summed E-state index contributed by atoms with van der Waals surface area (Å²) >= 11 is 0. The van der Waals surface area contributed by atoms with Gasteiger partial charge < -0.3 is 4.74 Å². The summed E-state index contributed by atoms with van der Waals surface area (Å²) in [4.78, 5) is 0. The van der Waals surface area contributed by atoms with Crippen molar-refractivity contribution in [1.82, 2.24) is 0 Å². The molecule has 2 aromatic rings. The monoisotopic (exact) mass is 364 g/mol. The van der Waals surface area contributed by atoms with Gasteiger partial charge in [0.15, 0.2) is 0 Å². The van der Waals surface area contributed by atoms with Crippen LogP contribution in [-0.4, -0.2) is 0 Å². The van der Waals surface area contributed by atoms with E-state index in [-0.39, 0.29) is 16.9 Å². The van der Waals surface area contributed by atoms with Crippen molar-refractivity contribution in [3.05, 3.63) is 64.2 Å². The summed E-state index contributed by atoms with van der Waals surface area (Å²) < 4.78 is 6.40. The van der Waals surface area contributed by atoms with Crippen LogP contribution >= 0.6 is 0 Å². The Morgan fingerprint density at radius 3 is 2.15 bits per heavy atom. The molecule has 0 aromatic heterocycles. The Kier molecular flexibility index (Phi) is 5.18. The van der Waals surface area contributed by atoms with Crippen LogP contribution in [0.2, 0.25) is 0 Å². The molecule has 1 nitrogen and oxygen atoms in total. The Morgan fingerprint density at radius 1 is 0.963 bits per heavy atom. The van der Waals surface area contributed by atoms with Gasteiger partial charge in [0.05, 0.1) is 0 Å². The first-order chi connectivity index (χ1) is 12.5. The van der Waals surface area contributed by atoms with Crippen LogP contribution in [0, 0.1) is 0 Å². The van der Waals surface area contributed by atoms with E-state index in [1.54, 1.807) is 0 Å². The molecule has 1 aliphatic rings. The summed E-state index contributed by atoms with van der Waals surface area (Å²) in [7, 11) is 0. The number of ether oxygens (including phenoxy) is 1. The maximum absolute atomic E-state index is 6.40. The molecule has 146 valence electrons. The van der Waals surface area contributed by atoms with Crippen molar-refractivity contribution in [1.29, 1.82) is 0 Å². The van der Waals surface area contributed by atoms with Crippen LogP contribution in [-0.2, 0) is 17.3 Å². The highest BCUT2D eigenvalue weighted by Gasteiger charge is 2.34. The minimum Gasteiger partial charge on any atom is -0.486 e. The zero-order valence-corrected chi connectivity index (χ0v) is 18.4. The zero-order chi connectivity index (χ0) is 20.0. The van der Waals surface area contributed by atoms with E-state index in [4.69, 9.17) is 4.74 Å². The Bertz CT molecular complexity index is 803. The molecule has 27 heavy (non-hydrogen) atoms. The summed E-state index contributed by atoms with van der Waals surface area (Å²) in [6.45, 7) is 18.3. The molecule has 1 atom stereocenters. The van der Waals surface area contributed by atoms with Crippen molar-refractivity contribution in [3.63, 3.8) is 0 Å². The quantitative estimate of drug-likeness (QED) is 0.546. The highest BCUT2D eigenvalue weighted by molar-refractivity contribution is 5.49. The van der Waals surface area contributed by atoms with Crippen LogP contribution in [0.5, 0.6) is 5.75 Å². The lowest BCUT2D eigenvalue weighted by Crippen LogP contribution is -2.18. The molecule has 3 rings (SSSR count). The molecule has 0 saturated heterocycles. The highest BCUT2D eigenvalue weighted by atomic mass is 16.5. The van der Waals surface area contributed by atoms with Gasteiger partial charge in [-0.3, -0.25) is 0 Å². The molecule has 2 aromatic carbocycles. The van der Waals surface area contributed by atoms with E-state index in [2.05, 4.69) is 91.8 Å². The number of fused-ring (bicyclic) bond motifs is 1. The average Bonchev–Trinajstić information content (AvgIpc) is 2.89. The van der Waals surface area contributed by atoms with Gasteiger partial charge in [0.25, 0.3) is 0 Å². The minimum atomic E-state index is 0.0554. The predicted octanol–water partition coefficient (Wildman–Crippen LogP) is 7.47. The summed E-state index contributed by atoms with van der Waals surface area (Å²) in [6.07, 6.45) is 2.43. The third-order valence-corrected chi connectivity index (χ3v) is 6.18. The SMILES string of the molecule is CC(C)c1ccc(OC(C)c2cc(C(C)(C)C)cc3c2CCC3(C)C)cc1. The van der Waals surface area contributed by atoms with Crippen LogP contribution in [0.1, 0.15) is 102 Å². The molecule has 0 spiro atoms. The summed E-state index contributed by atoms with van der Waals surface area (Å²) in [5.41, 5.74) is 7.57. The van der Waals surface area contributed by atoms with Gasteiger partial charge in [-0.25, -0.2) is 0 Å². The molecule has 1 aliphatic carbocycles. The Hall–Kier alpha value is -1.76. The van der Waals surface area contributed by atoms with Crippen molar-refractivity contribution in [2.24, 2.45) is 0 Å². The first-order valence-corrected chi connectivity index (χ1v) is 10.4. The van der Waals surface area contributed by atoms with Gasteiger partial charge in [0, 0.05) is 0 Å². The largest absolute Gasteiger partial charge is 0.486 e. The van der Waals surface area contributed by atoms with Crippen molar-refractivity contribution in [2.45, 2.75) is 91.1 Å². The molecule has 1 unspecified atom stereocenters. The van der Waals surface area contributed by atoms with E-state index in [0.717, 1.165) is 12.2 Å². The number of benzene rings is 2. The van der Waals surface area contributed by atoms with E-state index >= 15 is 0 Å². The van der Waals surface area contributed by atoms with Crippen LogP contribution in [0.25, 0.3) is 0 Å². The summed E-state index contributed by atoms with van der Waals surface area (Å²) in [6, 6.07) is 13.5. The molecule has 0 fully saturated rings. The molecule has 0 amide bonds. The Balaban J connectivity index is 1.96. The standard InChI is InChI=1S/C26H36O/c1-17(2)19-9-11-21(12-10-19)27-18(3)23-15-20(25(4,5)6)16-24-22(23)13-14-26(24,7)8/h9-12,15-18H,13-14H2,1-8H3. The van der Waals surface area contributed by atoms with Crippen LogP contribution < -0.4 is 4.74 Å². The van der Waals surface area contributed by atoms with E-state index in [9.17, 15) is 0 Å². The molecule has 0 aliphatic heterocycles. The summed E-state index contributed by atoms with van der Waals surface area (Å²) in [5.74, 6) is 1.50. The minimum absolute atomic E-state index is 0.0554. The zero-order valence-electron chi connectivity index (χ0n) is 18.4. The van der Waals surface area contributed by atoms with Gasteiger partial charge in [-0.15, -0.1) is 0 Å². The van der Waals surface area contributed by atoms with E-state index in [1.807, 2.05) is 0 Å². The van der Waals surface area contributed by atoms with Gasteiger partial charge in [-0.1, -0.05) is 72.7 Å². The molecule has 0 heterocycles. The van der Waals surface area contributed by atoms with E-state index in [1.165, 1.54) is 34.2 Å². The molecule has 0 bridgehead atoms. The molecule has 0 radical (unpaired) electrons. The topological polar surface area (TPSA) is 9.23 Å². The molecule has 0 N–H and O–H groups in total. The van der Waals surface area contributed by atoms with Crippen molar-refractivity contribution < 1.29 is 4.74 Å². The lowest BCUT2D eigenvalue weighted by atomic mass is 9.79. The van der Waals surface area contributed by atoms with Crippen molar-refractivity contribution in [2.75, 3.05) is 0 Å². The fourth-order valence-electron chi connectivity index (χ4n) is 4.14. The van der Waals surface area contributed by atoms with Crippen LogP contribution in [0.4, 0.5) is 0 Å². The van der Waals surface area contributed by atoms with Gasteiger partial charge in [-0.2, -0.15) is 0 Å². The second-order valence-corrected chi connectivity index (χ2v) is 10.2. The molecule has 0 saturated carbocycles. The van der Waals surface area contributed by atoms with E-state index in [0.29, 0.717) is 5.92 Å². The van der Waals surface area contributed by atoms with Crippen LogP contribution in [0.3, 0.4) is 0 Å². The summed E-state index contributed by atoms with van der Waals surface area (Å²) in [5, 5.41) is 0. The highest BCUT2D eigenvalue weighted by Crippen LogP contribution is 2.44. The lowest BCUT2D eigenvalue weighted by Gasteiger charge is -2.27.